The number of rotatable bonds is 40. The van der Waals surface area contributed by atoms with Crippen LogP contribution in [0.2, 0.25) is 0 Å². The predicted octanol–water partition coefficient (Wildman–Crippen LogP) is 12.0. The van der Waals surface area contributed by atoms with Gasteiger partial charge in [0.1, 0.15) is 19.8 Å². The Labute approximate surface area is 321 Å². The molecule has 0 rings (SSSR count). The van der Waals surface area contributed by atoms with Gasteiger partial charge >= 0.3 is 19.8 Å². The number of carbonyl (C=O) groups excluding carboxylic acids is 2. The maximum atomic E-state index is 12.7. The lowest BCUT2D eigenvalue weighted by atomic mass is 10.0. The van der Waals surface area contributed by atoms with Gasteiger partial charge in [0.25, 0.3) is 0 Å². The summed E-state index contributed by atoms with van der Waals surface area (Å²) in [5.74, 6) is -0.785. The lowest BCUT2D eigenvalue weighted by molar-refractivity contribution is -0.870. The summed E-state index contributed by atoms with van der Waals surface area (Å²) in [6.45, 7) is 4.45. The van der Waals surface area contributed by atoms with E-state index >= 15 is 0 Å². The van der Waals surface area contributed by atoms with Gasteiger partial charge in [0.2, 0.25) is 0 Å². The van der Waals surface area contributed by atoms with E-state index in [1.807, 2.05) is 21.1 Å². The van der Waals surface area contributed by atoms with Crippen molar-refractivity contribution in [3.8, 4) is 0 Å². The first kappa shape index (κ1) is 51.0. The van der Waals surface area contributed by atoms with Gasteiger partial charge in [-0.15, -0.1) is 0 Å². The summed E-state index contributed by atoms with van der Waals surface area (Å²) < 4.78 is 34.3. The van der Waals surface area contributed by atoms with E-state index in [-0.39, 0.29) is 25.6 Å². The third-order valence-corrected chi connectivity index (χ3v) is 10.6. The topological polar surface area (TPSA) is 108 Å². The van der Waals surface area contributed by atoms with Crippen LogP contribution in [-0.2, 0) is 32.7 Å². The number of hydrogen-bond acceptors (Lipinski definition) is 7. The van der Waals surface area contributed by atoms with E-state index in [1.54, 1.807) is 0 Å². The maximum Gasteiger partial charge on any atom is 0.472 e. The number of esters is 2. The summed E-state index contributed by atoms with van der Waals surface area (Å²) in [4.78, 5) is 35.3. The third kappa shape index (κ3) is 38.7. The number of hydrogen-bond donors (Lipinski definition) is 1. The fraction of sp³-hybridized carbons (Fsp3) is 0.952. The molecule has 0 spiro atoms. The van der Waals surface area contributed by atoms with Crippen LogP contribution in [0.3, 0.4) is 0 Å². The van der Waals surface area contributed by atoms with Crippen LogP contribution in [0.4, 0.5) is 0 Å². The fourth-order valence-corrected chi connectivity index (χ4v) is 6.93. The summed E-state index contributed by atoms with van der Waals surface area (Å²) in [7, 11) is 1.49. The number of phosphoric ester groups is 1. The lowest BCUT2D eigenvalue weighted by Crippen LogP contribution is -2.37. The lowest BCUT2D eigenvalue weighted by Gasteiger charge is -2.24. The van der Waals surface area contributed by atoms with E-state index in [4.69, 9.17) is 18.5 Å². The van der Waals surface area contributed by atoms with Crippen LogP contribution in [0.5, 0.6) is 0 Å². The number of likely N-dealkylation sites (N-methyl/N-ethyl adjacent to an activating group) is 1. The van der Waals surface area contributed by atoms with Crippen LogP contribution in [0.1, 0.15) is 206 Å². The quantitative estimate of drug-likeness (QED) is 0.0284. The molecule has 10 heteroatoms. The Morgan fingerprint density at radius 3 is 1.38 bits per heavy atom. The molecule has 0 aromatic carbocycles. The number of phosphoric acid groups is 1. The normalized spacial score (nSPS) is 13.6. The molecule has 0 aliphatic rings. The van der Waals surface area contributed by atoms with Crippen molar-refractivity contribution in [3.05, 3.63) is 0 Å². The monoisotopic (exact) mass is 765 g/mol. The highest BCUT2D eigenvalue weighted by atomic mass is 31.2. The highest BCUT2D eigenvalue weighted by Gasteiger charge is 2.27. The van der Waals surface area contributed by atoms with Gasteiger partial charge in [-0.25, -0.2) is 4.57 Å². The van der Waals surface area contributed by atoms with Gasteiger partial charge in [-0.05, 0) is 12.8 Å². The number of ether oxygens (including phenoxy) is 2. The highest BCUT2D eigenvalue weighted by molar-refractivity contribution is 7.47. The van der Waals surface area contributed by atoms with Crippen LogP contribution in [-0.4, -0.2) is 74.9 Å². The number of quaternary nitrogens is 1. The van der Waals surface area contributed by atoms with E-state index in [0.717, 1.165) is 38.5 Å². The van der Waals surface area contributed by atoms with Crippen molar-refractivity contribution >= 4 is 19.8 Å². The molecular weight excluding hydrogens is 679 g/mol. The van der Waals surface area contributed by atoms with Gasteiger partial charge in [0.15, 0.2) is 6.10 Å². The summed E-state index contributed by atoms with van der Waals surface area (Å²) in [6, 6.07) is 0. The predicted molar refractivity (Wildman–Crippen MR) is 215 cm³/mol. The van der Waals surface area contributed by atoms with E-state index in [0.29, 0.717) is 17.4 Å². The Morgan fingerprint density at radius 2 is 0.981 bits per heavy atom. The Hall–Kier alpha value is -0.990. The average molecular weight is 765 g/mol. The third-order valence-electron chi connectivity index (χ3n) is 9.64. The molecule has 1 N–H and O–H groups in total. The molecule has 0 radical (unpaired) electrons. The van der Waals surface area contributed by atoms with Gasteiger partial charge in [0.05, 0.1) is 27.7 Å². The van der Waals surface area contributed by atoms with E-state index < -0.39 is 26.5 Å². The van der Waals surface area contributed by atoms with Crippen molar-refractivity contribution in [2.75, 3.05) is 47.5 Å². The van der Waals surface area contributed by atoms with Crippen LogP contribution < -0.4 is 0 Å². The summed E-state index contributed by atoms with van der Waals surface area (Å²) in [5.41, 5.74) is 0. The molecule has 2 unspecified atom stereocenters. The molecule has 9 nitrogen and oxygen atoms in total. The van der Waals surface area contributed by atoms with Crippen molar-refractivity contribution in [1.82, 2.24) is 0 Å². The Balaban J connectivity index is 4.32. The summed E-state index contributed by atoms with van der Waals surface area (Å²) in [5, 5.41) is 0. The largest absolute Gasteiger partial charge is 0.472 e. The van der Waals surface area contributed by atoms with Gasteiger partial charge < -0.3 is 18.9 Å². The molecule has 0 aliphatic heterocycles. The Morgan fingerprint density at radius 1 is 0.596 bits per heavy atom. The van der Waals surface area contributed by atoms with Crippen LogP contribution >= 0.6 is 7.82 Å². The molecule has 2 atom stereocenters. The van der Waals surface area contributed by atoms with Crippen molar-refractivity contribution in [3.63, 3.8) is 0 Å². The van der Waals surface area contributed by atoms with Gasteiger partial charge in [0, 0.05) is 12.8 Å². The molecule has 0 bridgehead atoms. The van der Waals surface area contributed by atoms with Crippen LogP contribution in [0.25, 0.3) is 0 Å². The minimum Gasteiger partial charge on any atom is -0.462 e. The maximum absolute atomic E-state index is 12.7. The molecule has 0 fully saturated rings. The summed E-state index contributed by atoms with van der Waals surface area (Å²) in [6.07, 6.45) is 34.2. The van der Waals surface area contributed by atoms with E-state index in [1.165, 1.54) is 141 Å². The zero-order valence-electron chi connectivity index (χ0n) is 34.8. The number of nitrogens with zero attached hydrogens (tertiary/aromatic N) is 1. The minimum absolute atomic E-state index is 0.0367. The molecule has 0 aliphatic carbocycles. The SMILES string of the molecule is CCCCCCCCCCCCCCCCCC(=O)OCC(COP(=O)(O)OCC[N+](C)(C)C)O[14C](=O)CCCCCCCCCCCCCCC. The number of unbranched alkanes of at least 4 members (excludes halogenated alkanes) is 26. The first-order chi connectivity index (χ1) is 25.0. The first-order valence-corrected chi connectivity index (χ1v) is 23.3. The second kappa shape index (κ2) is 35.7. The van der Waals surface area contributed by atoms with Gasteiger partial charge in [-0.3, -0.25) is 18.6 Å². The van der Waals surface area contributed by atoms with Gasteiger partial charge in [-0.2, -0.15) is 0 Å². The van der Waals surface area contributed by atoms with E-state index in [9.17, 15) is 19.0 Å². The molecule has 0 saturated heterocycles. The van der Waals surface area contributed by atoms with Crippen LogP contribution in [0, 0.1) is 0 Å². The standard InChI is InChI=1S/C42H84NO8P/c1-6-8-10-12-14-16-18-20-21-23-24-26-28-30-32-34-41(44)48-38-40(39-50-52(46,47)49-37-36-43(3,4)5)51-42(45)35-33-31-29-27-25-22-19-17-15-13-11-9-7-2/h40H,6-39H2,1-5H3/p+1/i42+2. The van der Waals surface area contributed by atoms with E-state index in [2.05, 4.69) is 13.8 Å². The smallest absolute Gasteiger partial charge is 0.462 e. The van der Waals surface area contributed by atoms with Gasteiger partial charge in [-0.1, -0.05) is 181 Å². The molecule has 0 amide bonds. The zero-order chi connectivity index (χ0) is 38.6. The second-order valence-electron chi connectivity index (χ2n) is 16.1. The Bertz CT molecular complexity index is 865. The van der Waals surface area contributed by atoms with Crippen LogP contribution in [0.15, 0.2) is 0 Å². The van der Waals surface area contributed by atoms with Crippen molar-refractivity contribution in [2.45, 2.75) is 213 Å². The van der Waals surface area contributed by atoms with Crippen molar-refractivity contribution in [1.29, 1.82) is 0 Å². The molecule has 310 valence electrons. The molecule has 0 heterocycles. The molecule has 52 heavy (non-hydrogen) atoms. The average Bonchev–Trinajstić information content (AvgIpc) is 3.09. The fourth-order valence-electron chi connectivity index (χ4n) is 6.19. The molecule has 0 saturated carbocycles. The second-order valence-corrected chi connectivity index (χ2v) is 17.6. The molecule has 0 aromatic heterocycles. The number of carbonyl (C=O) groups is 2. The highest BCUT2D eigenvalue weighted by Crippen LogP contribution is 2.43. The molecule has 0 aromatic rings. The van der Waals surface area contributed by atoms with Crippen molar-refractivity contribution < 1.29 is 42.1 Å². The Kier molecular flexibility index (Phi) is 35.0. The first-order valence-electron chi connectivity index (χ1n) is 21.8. The molecular formula is C42H85NO8P+. The van der Waals surface area contributed by atoms with Crippen molar-refractivity contribution in [2.24, 2.45) is 0 Å². The zero-order valence-corrected chi connectivity index (χ0v) is 35.7. The summed E-state index contributed by atoms with van der Waals surface area (Å²) >= 11 is 0. The minimum atomic E-state index is -4.36.